The third-order valence-electron chi connectivity index (χ3n) is 14.4. The van der Waals surface area contributed by atoms with E-state index in [4.69, 9.17) is 28.0 Å². The summed E-state index contributed by atoms with van der Waals surface area (Å²) in [7, 11) is -7.18. The number of carbonyl (C=O) groups is 4. The Hall–Kier alpha value is -4.68. The number of hydrogen-bond acceptors (Lipinski definition) is 13. The molecule has 438 valence electrons. The molecule has 2 unspecified atom stereocenters. The number of para-hydroxylation sites is 3. The number of phenolic OH excluding ortho intramolecular Hbond substituents is 1. The van der Waals surface area contributed by atoms with Crippen LogP contribution in [0.3, 0.4) is 0 Å². The molecule has 15 nitrogen and oxygen atoms in total. The van der Waals surface area contributed by atoms with Crippen molar-refractivity contribution in [2.24, 2.45) is 17.8 Å². The minimum Gasteiger partial charge on any atom is -0.507 e. The summed E-state index contributed by atoms with van der Waals surface area (Å²) in [6.45, 7) is 26.3. The van der Waals surface area contributed by atoms with Crippen molar-refractivity contribution in [3.63, 3.8) is 0 Å². The van der Waals surface area contributed by atoms with Gasteiger partial charge in [0.25, 0.3) is 0 Å². The molecule has 6 rings (SSSR count). The van der Waals surface area contributed by atoms with E-state index in [1.54, 1.807) is 27.7 Å². The summed E-state index contributed by atoms with van der Waals surface area (Å²) in [5, 5.41) is 15.7. The van der Waals surface area contributed by atoms with Crippen LogP contribution >= 0.6 is 15.0 Å². The highest BCUT2D eigenvalue weighted by Gasteiger charge is 2.37. The van der Waals surface area contributed by atoms with E-state index in [2.05, 4.69) is 84.6 Å². The van der Waals surface area contributed by atoms with Gasteiger partial charge in [0.05, 0.1) is 51.6 Å². The number of benzene rings is 3. The van der Waals surface area contributed by atoms with Gasteiger partial charge in [0.15, 0.2) is 0 Å². The van der Waals surface area contributed by atoms with Gasteiger partial charge in [-0.05, 0) is 153 Å². The van der Waals surface area contributed by atoms with E-state index in [1.165, 1.54) is 38.5 Å². The summed E-state index contributed by atoms with van der Waals surface area (Å²) >= 11 is 0. The van der Waals surface area contributed by atoms with Crippen molar-refractivity contribution in [1.82, 2.24) is 10.2 Å². The summed E-state index contributed by atoms with van der Waals surface area (Å²) in [4.78, 5) is 47.6. The van der Waals surface area contributed by atoms with E-state index in [9.17, 15) is 33.4 Å². The molecule has 0 aromatic heterocycles. The highest BCUT2D eigenvalue weighted by atomic mass is 31.2. The first-order valence-electron chi connectivity index (χ1n) is 28.3. The van der Waals surface area contributed by atoms with Crippen molar-refractivity contribution in [2.75, 3.05) is 51.8 Å². The fraction of sp³-hybridized carbons (Fsp3) is 0.639. The third kappa shape index (κ3) is 21.4. The monoisotopic (exact) mass is 1130 g/mol. The standard InChI is InChI=1S/2C23H36NO6P.C14H20O.CH4/c2*1-6-28-21(25)13-14-31(27,24-15-22(26)29-7-2)30-23-19(16(3)4)9-8-10-20(23)17(5)18-11-12-18;1-9(2)12-5-4-6-13(14(12)15)10(3)11-7-8-11;/h2*8-10,16-18H,6-7,11-15H2,1-5H3,(H,24,27);4-6,9-11,15H,7-8H2,1-3H3;1H4/t2*17-,31?;10-;/m111./s1. The van der Waals surface area contributed by atoms with Crippen LogP contribution in [0.25, 0.3) is 0 Å². The van der Waals surface area contributed by atoms with Crippen LogP contribution in [0.5, 0.6) is 17.2 Å². The highest BCUT2D eigenvalue weighted by Crippen LogP contribution is 2.54. The van der Waals surface area contributed by atoms with Crippen LogP contribution in [-0.4, -0.2) is 80.8 Å². The molecule has 0 aliphatic heterocycles. The zero-order valence-corrected chi connectivity index (χ0v) is 50.2. The summed E-state index contributed by atoms with van der Waals surface area (Å²) in [6, 6.07) is 18.2. The number of esters is 4. The zero-order chi connectivity index (χ0) is 57.0. The average Bonchev–Trinajstić information content (AvgIpc) is 4.21. The summed E-state index contributed by atoms with van der Waals surface area (Å²) < 4.78 is 59.8. The van der Waals surface area contributed by atoms with Crippen molar-refractivity contribution in [3.8, 4) is 17.2 Å². The topological polar surface area (TPSA) is 202 Å². The van der Waals surface area contributed by atoms with Crippen molar-refractivity contribution in [2.45, 2.75) is 184 Å². The van der Waals surface area contributed by atoms with Crippen LogP contribution < -0.4 is 19.2 Å². The van der Waals surface area contributed by atoms with Gasteiger partial charge in [0, 0.05) is 0 Å². The Morgan fingerprint density at radius 1 is 0.474 bits per heavy atom. The second-order valence-electron chi connectivity index (χ2n) is 21.5. The molecule has 3 aliphatic rings. The Kier molecular flexibility index (Phi) is 28.2. The second-order valence-corrected chi connectivity index (χ2v) is 26.1. The minimum atomic E-state index is -3.59. The van der Waals surface area contributed by atoms with Crippen LogP contribution in [0.15, 0.2) is 54.6 Å². The minimum absolute atomic E-state index is 0. The van der Waals surface area contributed by atoms with Gasteiger partial charge in [-0.2, -0.15) is 0 Å². The number of ether oxygens (including phenoxy) is 4. The average molecular weight is 1130 g/mol. The fourth-order valence-electron chi connectivity index (χ4n) is 9.29. The Labute approximate surface area is 467 Å². The molecule has 3 fully saturated rings. The highest BCUT2D eigenvalue weighted by molar-refractivity contribution is 7.57. The molecule has 0 amide bonds. The molecule has 17 heteroatoms. The van der Waals surface area contributed by atoms with E-state index in [0.29, 0.717) is 40.9 Å². The molecule has 0 radical (unpaired) electrons. The van der Waals surface area contributed by atoms with Crippen LogP contribution in [0.4, 0.5) is 0 Å². The van der Waals surface area contributed by atoms with E-state index in [-0.39, 0.29) is 95.8 Å². The van der Waals surface area contributed by atoms with Crippen molar-refractivity contribution < 1.29 is 61.4 Å². The largest absolute Gasteiger partial charge is 0.507 e. The molecule has 0 bridgehead atoms. The van der Waals surface area contributed by atoms with Gasteiger partial charge in [-0.1, -0.05) is 124 Å². The number of aromatic hydroxyl groups is 1. The molecular formula is C61H96N2O13P2. The first-order valence-corrected chi connectivity index (χ1v) is 31.9. The van der Waals surface area contributed by atoms with Gasteiger partial charge in [-0.15, -0.1) is 0 Å². The molecule has 0 spiro atoms. The lowest BCUT2D eigenvalue weighted by atomic mass is 9.90. The van der Waals surface area contributed by atoms with Gasteiger partial charge in [-0.25, -0.2) is 10.2 Å². The quantitative estimate of drug-likeness (QED) is 0.0336. The Morgan fingerprint density at radius 3 is 1.06 bits per heavy atom. The lowest BCUT2D eigenvalue weighted by molar-refractivity contribution is -0.143. The maximum atomic E-state index is 13.8. The van der Waals surface area contributed by atoms with Gasteiger partial charge < -0.3 is 33.1 Å². The number of nitrogens with one attached hydrogen (secondary N) is 2. The number of rotatable bonds is 29. The summed E-state index contributed by atoms with van der Waals surface area (Å²) in [5.41, 5.74) is 6.17. The number of hydrogen-bond donors (Lipinski definition) is 3. The molecule has 3 aromatic carbocycles. The van der Waals surface area contributed by atoms with Crippen LogP contribution in [-0.2, 0) is 47.3 Å². The van der Waals surface area contributed by atoms with Crippen LogP contribution in [0.1, 0.15) is 218 Å². The van der Waals surface area contributed by atoms with E-state index >= 15 is 0 Å². The zero-order valence-electron chi connectivity index (χ0n) is 48.4. The third-order valence-corrected chi connectivity index (χ3v) is 18.3. The lowest BCUT2D eigenvalue weighted by Crippen LogP contribution is -2.27. The van der Waals surface area contributed by atoms with E-state index in [0.717, 1.165) is 39.3 Å². The molecule has 5 atom stereocenters. The molecule has 0 saturated heterocycles. The van der Waals surface area contributed by atoms with Crippen molar-refractivity contribution in [1.29, 1.82) is 0 Å². The van der Waals surface area contributed by atoms with Gasteiger partial charge >= 0.3 is 38.9 Å². The maximum absolute atomic E-state index is 13.8. The normalized spacial score (nSPS) is 16.6. The number of carbonyl (C=O) groups excluding carboxylic acids is 4. The van der Waals surface area contributed by atoms with E-state index < -0.39 is 38.9 Å². The van der Waals surface area contributed by atoms with Gasteiger partial charge in [0.1, 0.15) is 30.3 Å². The predicted octanol–water partition coefficient (Wildman–Crippen LogP) is 14.7. The molecule has 3 N–H and O–H groups in total. The fourth-order valence-corrected chi connectivity index (χ4v) is 12.6. The number of phenols is 1. The molecule has 78 heavy (non-hydrogen) atoms. The molecule has 3 saturated carbocycles. The Morgan fingerprint density at radius 2 is 0.756 bits per heavy atom. The smallest absolute Gasteiger partial charge is 0.320 e. The Bertz CT molecular complexity index is 2300. The van der Waals surface area contributed by atoms with Crippen LogP contribution in [0.2, 0.25) is 0 Å². The first kappa shape index (κ1) is 67.6. The van der Waals surface area contributed by atoms with Crippen LogP contribution in [0, 0.1) is 17.8 Å². The summed E-state index contributed by atoms with van der Waals surface area (Å²) in [5.74, 6) is 3.56. The molecular weight excluding hydrogens is 1030 g/mol. The van der Waals surface area contributed by atoms with Crippen molar-refractivity contribution in [3.05, 3.63) is 88.0 Å². The molecule has 3 aromatic rings. The summed E-state index contributed by atoms with van der Waals surface area (Å²) in [6.07, 6.45) is 7.06. The molecule has 3 aliphatic carbocycles. The Balaban J connectivity index is 0.000000323. The SMILES string of the molecule is C.CC(C)c1cccc([C@H](C)C2CC2)c1O.CCOC(=O)CCP(=O)(NCC(=O)OCC)Oc1c(C(C)C)cccc1[C@H](C)C1CC1.CCOC(=O)CCP(=O)(NCC(=O)OCC)Oc1c(C(C)C)cccc1[C@H](C)C1CC1. The molecule has 0 heterocycles. The van der Waals surface area contributed by atoms with Gasteiger partial charge in [0.2, 0.25) is 0 Å². The van der Waals surface area contributed by atoms with Gasteiger partial charge in [-0.3, -0.25) is 28.3 Å². The maximum Gasteiger partial charge on any atom is 0.320 e. The second kappa shape index (κ2) is 32.5. The van der Waals surface area contributed by atoms with E-state index in [1.807, 2.05) is 42.5 Å². The first-order chi connectivity index (χ1) is 36.5. The van der Waals surface area contributed by atoms with Crippen molar-refractivity contribution >= 4 is 38.9 Å². The lowest BCUT2D eigenvalue weighted by Gasteiger charge is -2.26. The predicted molar refractivity (Wildman–Crippen MR) is 311 cm³/mol.